The number of fused-ring (bicyclic) bond motifs is 1. The predicted molar refractivity (Wildman–Crippen MR) is 132 cm³/mol. The Morgan fingerprint density at radius 1 is 1.09 bits per heavy atom. The first-order chi connectivity index (χ1) is 15.4. The van der Waals surface area contributed by atoms with Crippen molar-refractivity contribution in [1.82, 2.24) is 4.90 Å². The number of aryl methyl sites for hydroxylation is 1. The first kappa shape index (κ1) is 22.8. The Balaban J connectivity index is 1.80. The van der Waals surface area contributed by atoms with Gasteiger partial charge in [0.1, 0.15) is 11.3 Å². The molecule has 2 heterocycles. The average Bonchev–Trinajstić information content (AvgIpc) is 2.99. The SMILES string of the molecule is COc1c(/C(C)=C/C(=O)N2CCCCCC2)cc2c(-c3ccc(Cl)cc3Cl)coc2c1C. The lowest BCUT2D eigenvalue weighted by molar-refractivity contribution is -0.125. The summed E-state index contributed by atoms with van der Waals surface area (Å²) < 4.78 is 11.7. The van der Waals surface area contributed by atoms with Crippen LogP contribution in [0.25, 0.3) is 27.7 Å². The topological polar surface area (TPSA) is 42.7 Å². The second kappa shape index (κ2) is 9.60. The van der Waals surface area contributed by atoms with Gasteiger partial charge in [0, 0.05) is 51.8 Å². The third-order valence-corrected chi connectivity index (χ3v) is 6.70. The molecule has 4 nitrogen and oxygen atoms in total. The summed E-state index contributed by atoms with van der Waals surface area (Å²) in [7, 11) is 1.64. The quantitative estimate of drug-likeness (QED) is 0.369. The first-order valence-corrected chi connectivity index (χ1v) is 11.7. The van der Waals surface area contributed by atoms with Crippen LogP contribution in [0.2, 0.25) is 10.0 Å². The molecule has 4 rings (SSSR count). The van der Waals surface area contributed by atoms with E-state index >= 15 is 0 Å². The summed E-state index contributed by atoms with van der Waals surface area (Å²) in [4.78, 5) is 14.9. The zero-order valence-corrected chi connectivity index (χ0v) is 20.1. The third kappa shape index (κ3) is 4.39. The molecule has 2 aromatic carbocycles. The summed E-state index contributed by atoms with van der Waals surface area (Å²) >= 11 is 12.6. The van der Waals surface area contributed by atoms with Crippen LogP contribution in [-0.4, -0.2) is 31.0 Å². The number of benzene rings is 2. The fraction of sp³-hybridized carbons (Fsp3) is 0.346. The largest absolute Gasteiger partial charge is 0.496 e. The Morgan fingerprint density at radius 2 is 1.81 bits per heavy atom. The molecule has 1 aliphatic rings. The number of hydrogen-bond donors (Lipinski definition) is 0. The highest BCUT2D eigenvalue weighted by Crippen LogP contribution is 2.42. The standard InChI is InChI=1S/C26H27Cl2NO3/c1-16(12-24(30)29-10-6-4-5-7-11-29)20-14-21-22(19-9-8-18(27)13-23(19)28)15-32-26(21)17(2)25(20)31-3/h8-9,12-15H,4-7,10-11H2,1-3H3/b16-12+. The van der Waals surface area contributed by atoms with Crippen molar-refractivity contribution >= 4 is 45.7 Å². The fourth-order valence-electron chi connectivity index (χ4n) is 4.43. The van der Waals surface area contributed by atoms with Gasteiger partial charge in [-0.3, -0.25) is 4.79 Å². The molecule has 0 aliphatic carbocycles. The summed E-state index contributed by atoms with van der Waals surface area (Å²) in [6.07, 6.45) is 7.93. The van der Waals surface area contributed by atoms with Gasteiger partial charge in [0.05, 0.1) is 18.4 Å². The number of nitrogens with zero attached hydrogens (tertiary/aromatic N) is 1. The second-order valence-corrected chi connectivity index (χ2v) is 9.14. The van der Waals surface area contributed by atoms with Gasteiger partial charge in [-0.1, -0.05) is 42.1 Å². The van der Waals surface area contributed by atoms with Gasteiger partial charge in [-0.2, -0.15) is 0 Å². The first-order valence-electron chi connectivity index (χ1n) is 10.9. The van der Waals surface area contributed by atoms with Crippen LogP contribution in [0, 0.1) is 6.92 Å². The van der Waals surface area contributed by atoms with Crippen molar-refractivity contribution in [1.29, 1.82) is 0 Å². The Kier molecular flexibility index (Phi) is 6.82. The minimum Gasteiger partial charge on any atom is -0.496 e. The number of allylic oxidation sites excluding steroid dienone is 1. The molecule has 0 spiro atoms. The molecule has 0 atom stereocenters. The Morgan fingerprint density at radius 3 is 2.47 bits per heavy atom. The third-order valence-electron chi connectivity index (χ3n) is 6.15. The van der Waals surface area contributed by atoms with E-state index in [1.165, 1.54) is 12.8 Å². The number of hydrogen-bond acceptors (Lipinski definition) is 3. The van der Waals surface area contributed by atoms with Gasteiger partial charge in [0.15, 0.2) is 0 Å². The number of furan rings is 1. The van der Waals surface area contributed by atoms with Crippen molar-refractivity contribution in [2.24, 2.45) is 0 Å². The maximum Gasteiger partial charge on any atom is 0.246 e. The van der Waals surface area contributed by atoms with E-state index in [9.17, 15) is 4.79 Å². The molecule has 32 heavy (non-hydrogen) atoms. The van der Waals surface area contributed by atoms with Crippen molar-refractivity contribution in [2.45, 2.75) is 39.5 Å². The van der Waals surface area contributed by atoms with E-state index in [0.29, 0.717) is 15.8 Å². The van der Waals surface area contributed by atoms with E-state index in [0.717, 1.165) is 64.7 Å². The van der Waals surface area contributed by atoms with Crippen molar-refractivity contribution in [3.05, 3.63) is 57.8 Å². The molecule has 0 radical (unpaired) electrons. The van der Waals surface area contributed by atoms with Crippen molar-refractivity contribution in [2.75, 3.05) is 20.2 Å². The molecular formula is C26H27Cl2NO3. The van der Waals surface area contributed by atoms with Crippen LogP contribution < -0.4 is 4.74 Å². The molecule has 0 unspecified atom stereocenters. The lowest BCUT2D eigenvalue weighted by Gasteiger charge is -2.19. The van der Waals surface area contributed by atoms with Crippen LogP contribution in [0.4, 0.5) is 0 Å². The van der Waals surface area contributed by atoms with Gasteiger partial charge in [0.25, 0.3) is 0 Å². The number of carbonyl (C=O) groups is 1. The van der Waals surface area contributed by atoms with Gasteiger partial charge < -0.3 is 14.1 Å². The number of methoxy groups -OCH3 is 1. The Bertz CT molecular complexity index is 1190. The number of carbonyl (C=O) groups excluding carboxylic acids is 1. The molecule has 6 heteroatoms. The molecular weight excluding hydrogens is 445 g/mol. The van der Waals surface area contributed by atoms with E-state index < -0.39 is 0 Å². The number of rotatable bonds is 4. The Labute approximate surface area is 198 Å². The monoisotopic (exact) mass is 471 g/mol. The summed E-state index contributed by atoms with van der Waals surface area (Å²) in [5.41, 5.74) is 5.06. The predicted octanol–water partition coefficient (Wildman–Crippen LogP) is 7.53. The second-order valence-electron chi connectivity index (χ2n) is 8.30. The highest BCUT2D eigenvalue weighted by Gasteiger charge is 2.21. The van der Waals surface area contributed by atoms with Crippen molar-refractivity contribution < 1.29 is 13.9 Å². The van der Waals surface area contributed by atoms with Crippen LogP contribution in [0.3, 0.4) is 0 Å². The van der Waals surface area contributed by atoms with Crippen LogP contribution >= 0.6 is 23.2 Å². The van der Waals surface area contributed by atoms with Gasteiger partial charge in [-0.25, -0.2) is 0 Å². The molecule has 1 saturated heterocycles. The van der Waals surface area contributed by atoms with E-state index in [4.69, 9.17) is 32.4 Å². The minimum atomic E-state index is 0.0531. The lowest BCUT2D eigenvalue weighted by Crippen LogP contribution is -2.30. The van der Waals surface area contributed by atoms with Crippen LogP contribution in [-0.2, 0) is 4.79 Å². The minimum absolute atomic E-state index is 0.0531. The molecule has 168 valence electrons. The van der Waals surface area contributed by atoms with Gasteiger partial charge >= 0.3 is 0 Å². The zero-order chi connectivity index (χ0) is 22.8. The molecule has 0 N–H and O–H groups in total. The molecule has 3 aromatic rings. The van der Waals surface area contributed by atoms with Crippen molar-refractivity contribution in [3.8, 4) is 16.9 Å². The van der Waals surface area contributed by atoms with E-state index in [-0.39, 0.29) is 5.91 Å². The van der Waals surface area contributed by atoms with Crippen LogP contribution in [0.15, 0.2) is 41.0 Å². The van der Waals surface area contributed by atoms with E-state index in [2.05, 4.69) is 0 Å². The molecule has 0 bridgehead atoms. The number of amides is 1. The fourth-order valence-corrected chi connectivity index (χ4v) is 4.94. The summed E-state index contributed by atoms with van der Waals surface area (Å²) in [6, 6.07) is 7.44. The van der Waals surface area contributed by atoms with E-state index in [1.807, 2.05) is 36.9 Å². The van der Waals surface area contributed by atoms with E-state index in [1.54, 1.807) is 25.5 Å². The van der Waals surface area contributed by atoms with Crippen LogP contribution in [0.5, 0.6) is 5.75 Å². The maximum atomic E-state index is 13.0. The molecule has 1 fully saturated rings. The normalized spacial score (nSPS) is 15.2. The van der Waals surface area contributed by atoms with Gasteiger partial charge in [-0.15, -0.1) is 0 Å². The zero-order valence-electron chi connectivity index (χ0n) is 18.6. The van der Waals surface area contributed by atoms with Gasteiger partial charge in [0.2, 0.25) is 5.91 Å². The summed E-state index contributed by atoms with van der Waals surface area (Å²) in [5.74, 6) is 0.760. The molecule has 0 saturated carbocycles. The highest BCUT2D eigenvalue weighted by atomic mass is 35.5. The average molecular weight is 472 g/mol. The number of likely N-dealkylation sites (tertiary alicyclic amines) is 1. The summed E-state index contributed by atoms with van der Waals surface area (Å²) in [5, 5.41) is 2.05. The van der Waals surface area contributed by atoms with Crippen molar-refractivity contribution in [3.63, 3.8) is 0 Å². The number of ether oxygens (including phenoxy) is 1. The molecule has 1 aliphatic heterocycles. The van der Waals surface area contributed by atoms with Gasteiger partial charge in [-0.05, 0) is 50.5 Å². The lowest BCUT2D eigenvalue weighted by atomic mass is 9.96. The van der Waals surface area contributed by atoms with Crippen LogP contribution in [0.1, 0.15) is 43.7 Å². The number of halogens is 2. The molecule has 1 aromatic heterocycles. The summed E-state index contributed by atoms with van der Waals surface area (Å²) in [6.45, 7) is 5.55. The highest BCUT2D eigenvalue weighted by molar-refractivity contribution is 6.36. The molecule has 1 amide bonds. The maximum absolute atomic E-state index is 13.0. The Hall–Kier alpha value is -2.43. The smallest absolute Gasteiger partial charge is 0.246 e.